The molecule has 0 radical (unpaired) electrons. The van der Waals surface area contributed by atoms with Gasteiger partial charge in [-0.15, -0.1) is 0 Å². The van der Waals surface area contributed by atoms with Crippen molar-refractivity contribution in [2.45, 2.75) is 25.4 Å². The number of hydrogen-bond acceptors (Lipinski definition) is 4. The highest BCUT2D eigenvalue weighted by molar-refractivity contribution is 7.80. The van der Waals surface area contributed by atoms with E-state index in [0.29, 0.717) is 17.7 Å². The average Bonchev–Trinajstić information content (AvgIpc) is 2.49. The van der Waals surface area contributed by atoms with E-state index in [0.717, 1.165) is 31.0 Å². The molecule has 1 aliphatic heterocycles. The van der Waals surface area contributed by atoms with Crippen LogP contribution in [0.4, 0.5) is 0 Å². The van der Waals surface area contributed by atoms with Crippen molar-refractivity contribution in [3.8, 4) is 5.75 Å². The Hall–Kier alpha value is -1.17. The number of nitrogens with two attached hydrogens (primary N) is 1. The second kappa shape index (κ2) is 8.32. The molecule has 116 valence electrons. The van der Waals surface area contributed by atoms with Crippen LogP contribution in [0.25, 0.3) is 0 Å². The fraction of sp³-hybridized carbons (Fsp3) is 0.562. The van der Waals surface area contributed by atoms with Gasteiger partial charge in [-0.1, -0.05) is 12.2 Å². The lowest BCUT2D eigenvalue weighted by Crippen LogP contribution is -2.35. The standard InChI is InChI=1S/C16H24N2O2S/c1-18(12-15-4-2-3-10-19-15)9-11-20-14-7-5-13(6-8-14)16(17)21/h5-8,15H,2-4,9-12H2,1H3,(H2,17,21). The van der Waals surface area contributed by atoms with Crippen LogP contribution in [0.2, 0.25) is 0 Å². The van der Waals surface area contributed by atoms with Crippen LogP contribution >= 0.6 is 12.2 Å². The Kier molecular flexibility index (Phi) is 6.42. The molecule has 2 rings (SSSR count). The summed E-state index contributed by atoms with van der Waals surface area (Å²) in [6.07, 6.45) is 4.04. The molecule has 0 bridgehead atoms. The van der Waals surface area contributed by atoms with Gasteiger partial charge in [0.25, 0.3) is 0 Å². The predicted octanol–water partition coefficient (Wildman–Crippen LogP) is 2.20. The van der Waals surface area contributed by atoms with Gasteiger partial charge in [0, 0.05) is 25.3 Å². The molecule has 0 aromatic heterocycles. The van der Waals surface area contributed by atoms with Gasteiger partial charge in [-0.2, -0.15) is 0 Å². The molecule has 0 saturated carbocycles. The highest BCUT2D eigenvalue weighted by atomic mass is 32.1. The minimum atomic E-state index is 0.383. The zero-order valence-electron chi connectivity index (χ0n) is 12.6. The molecule has 0 aliphatic carbocycles. The van der Waals surface area contributed by atoms with Crippen LogP contribution in [-0.4, -0.2) is 49.3 Å². The molecule has 1 aromatic carbocycles. The summed E-state index contributed by atoms with van der Waals surface area (Å²) in [6, 6.07) is 7.58. The monoisotopic (exact) mass is 308 g/mol. The lowest BCUT2D eigenvalue weighted by atomic mass is 10.1. The lowest BCUT2D eigenvalue weighted by molar-refractivity contribution is -0.00282. The first-order chi connectivity index (χ1) is 10.1. The molecule has 2 N–H and O–H groups in total. The predicted molar refractivity (Wildman–Crippen MR) is 88.9 cm³/mol. The Bertz CT molecular complexity index is 444. The SMILES string of the molecule is CN(CCOc1ccc(C(N)=S)cc1)CC1CCCCO1. The van der Waals surface area contributed by atoms with Crippen LogP contribution in [0.3, 0.4) is 0 Å². The summed E-state index contributed by atoms with van der Waals surface area (Å²) in [5, 5.41) is 0. The number of hydrogen-bond donors (Lipinski definition) is 1. The Morgan fingerprint density at radius 3 is 2.76 bits per heavy atom. The highest BCUT2D eigenvalue weighted by Gasteiger charge is 2.15. The molecule has 1 aromatic rings. The summed E-state index contributed by atoms with van der Waals surface area (Å²) in [5.74, 6) is 0.845. The summed E-state index contributed by atoms with van der Waals surface area (Å²) in [7, 11) is 2.11. The topological polar surface area (TPSA) is 47.7 Å². The zero-order chi connectivity index (χ0) is 15.1. The first-order valence-electron chi connectivity index (χ1n) is 7.48. The van der Waals surface area contributed by atoms with E-state index in [1.807, 2.05) is 24.3 Å². The largest absolute Gasteiger partial charge is 0.492 e. The van der Waals surface area contributed by atoms with E-state index >= 15 is 0 Å². The van der Waals surface area contributed by atoms with Crippen molar-refractivity contribution in [3.63, 3.8) is 0 Å². The van der Waals surface area contributed by atoms with Gasteiger partial charge in [0.15, 0.2) is 0 Å². The van der Waals surface area contributed by atoms with E-state index in [2.05, 4.69) is 11.9 Å². The van der Waals surface area contributed by atoms with Gasteiger partial charge in [0.1, 0.15) is 17.3 Å². The maximum absolute atomic E-state index is 5.74. The number of benzene rings is 1. The summed E-state index contributed by atoms with van der Waals surface area (Å²) in [6.45, 7) is 3.43. The molecular formula is C16H24N2O2S. The molecule has 4 nitrogen and oxygen atoms in total. The third kappa shape index (κ3) is 5.61. The van der Waals surface area contributed by atoms with Crippen LogP contribution in [-0.2, 0) is 4.74 Å². The quantitative estimate of drug-likeness (QED) is 0.783. The minimum Gasteiger partial charge on any atom is -0.492 e. The van der Waals surface area contributed by atoms with Crippen molar-refractivity contribution in [3.05, 3.63) is 29.8 Å². The fourth-order valence-corrected chi connectivity index (χ4v) is 2.56. The van der Waals surface area contributed by atoms with Gasteiger partial charge in [-0.25, -0.2) is 0 Å². The maximum atomic E-state index is 5.74. The Balaban J connectivity index is 1.67. The first-order valence-corrected chi connectivity index (χ1v) is 7.89. The molecule has 1 saturated heterocycles. The summed E-state index contributed by atoms with van der Waals surface area (Å²) in [4.78, 5) is 2.67. The number of thiocarbonyl (C=S) groups is 1. The minimum absolute atomic E-state index is 0.383. The van der Waals surface area contributed by atoms with E-state index in [4.69, 9.17) is 27.4 Å². The molecule has 0 amide bonds. The number of nitrogens with zero attached hydrogens (tertiary/aromatic N) is 1. The van der Waals surface area contributed by atoms with Gasteiger partial charge in [0.05, 0.1) is 6.10 Å². The molecule has 0 spiro atoms. The first kappa shape index (κ1) is 16.2. The van der Waals surface area contributed by atoms with E-state index in [1.54, 1.807) is 0 Å². The second-order valence-corrected chi connectivity index (χ2v) is 5.93. The van der Waals surface area contributed by atoms with E-state index < -0.39 is 0 Å². The van der Waals surface area contributed by atoms with Crippen LogP contribution in [0.1, 0.15) is 24.8 Å². The van der Waals surface area contributed by atoms with E-state index in [-0.39, 0.29) is 0 Å². The lowest BCUT2D eigenvalue weighted by Gasteiger charge is -2.27. The molecular weight excluding hydrogens is 284 g/mol. The summed E-state index contributed by atoms with van der Waals surface area (Å²) >= 11 is 4.92. The van der Waals surface area contributed by atoms with Crippen LogP contribution in [0.5, 0.6) is 5.75 Å². The summed E-state index contributed by atoms with van der Waals surface area (Å²) < 4.78 is 11.5. The third-order valence-corrected chi connectivity index (χ3v) is 3.91. The van der Waals surface area contributed by atoms with Gasteiger partial charge >= 0.3 is 0 Å². The van der Waals surface area contributed by atoms with Gasteiger partial charge in [0.2, 0.25) is 0 Å². The van der Waals surface area contributed by atoms with Crippen molar-refractivity contribution in [1.29, 1.82) is 0 Å². The van der Waals surface area contributed by atoms with Gasteiger partial charge in [-0.3, -0.25) is 0 Å². The van der Waals surface area contributed by atoms with Crippen LogP contribution in [0.15, 0.2) is 24.3 Å². The Labute approximate surface area is 132 Å². The Morgan fingerprint density at radius 2 is 2.14 bits per heavy atom. The maximum Gasteiger partial charge on any atom is 0.119 e. The van der Waals surface area contributed by atoms with Crippen LogP contribution < -0.4 is 10.5 Å². The molecule has 1 aliphatic rings. The van der Waals surface area contributed by atoms with Crippen molar-refractivity contribution in [2.75, 3.05) is 33.4 Å². The van der Waals surface area contributed by atoms with Crippen molar-refractivity contribution in [1.82, 2.24) is 4.90 Å². The molecule has 1 heterocycles. The van der Waals surface area contributed by atoms with Crippen molar-refractivity contribution in [2.24, 2.45) is 5.73 Å². The van der Waals surface area contributed by atoms with Crippen molar-refractivity contribution >= 4 is 17.2 Å². The van der Waals surface area contributed by atoms with Crippen LogP contribution in [0, 0.1) is 0 Å². The molecule has 1 fully saturated rings. The van der Waals surface area contributed by atoms with E-state index in [1.165, 1.54) is 19.3 Å². The van der Waals surface area contributed by atoms with Crippen molar-refractivity contribution < 1.29 is 9.47 Å². The molecule has 21 heavy (non-hydrogen) atoms. The van der Waals surface area contributed by atoms with Gasteiger partial charge in [-0.05, 0) is 50.6 Å². The molecule has 5 heteroatoms. The third-order valence-electron chi connectivity index (χ3n) is 3.67. The smallest absolute Gasteiger partial charge is 0.119 e. The molecule has 1 unspecified atom stereocenters. The second-order valence-electron chi connectivity index (χ2n) is 5.49. The Morgan fingerprint density at radius 1 is 1.38 bits per heavy atom. The van der Waals surface area contributed by atoms with E-state index in [9.17, 15) is 0 Å². The highest BCUT2D eigenvalue weighted by Crippen LogP contribution is 2.14. The number of likely N-dealkylation sites (N-methyl/N-ethyl adjacent to an activating group) is 1. The number of rotatable bonds is 7. The summed E-state index contributed by atoms with van der Waals surface area (Å²) in [5.41, 5.74) is 6.43. The molecule has 1 atom stereocenters. The van der Waals surface area contributed by atoms with Gasteiger partial charge < -0.3 is 20.1 Å². The zero-order valence-corrected chi connectivity index (χ0v) is 13.4. The fourth-order valence-electron chi connectivity index (χ4n) is 2.43. The average molecular weight is 308 g/mol. The normalized spacial score (nSPS) is 18.7. The number of ether oxygens (including phenoxy) is 2.